The summed E-state index contributed by atoms with van der Waals surface area (Å²) in [4.78, 5) is 0. The van der Waals surface area contributed by atoms with E-state index in [0.29, 0.717) is 0 Å². The highest BCUT2D eigenvalue weighted by Crippen LogP contribution is 2.22. The molecule has 0 atom stereocenters. The average Bonchev–Trinajstić information content (AvgIpc) is 2.21. The number of hydrogen-bond donors (Lipinski definition) is 0. The lowest BCUT2D eigenvalue weighted by molar-refractivity contribution is 0.338. The van der Waals surface area contributed by atoms with Crippen molar-refractivity contribution in [2.75, 3.05) is 12.4 Å². The van der Waals surface area contributed by atoms with Crippen LogP contribution in [0.4, 0.5) is 0 Å². The Bertz CT molecular complexity index is 481. The molecular formula is C12H17BrO3S. The SMILES string of the molecule is Cc1cc(Br)ccc1OCCS(=O)(=O)C(C)C. The first kappa shape index (κ1) is 14.5. The first-order chi connectivity index (χ1) is 7.83. The van der Waals surface area contributed by atoms with E-state index in [1.165, 1.54) is 0 Å². The zero-order valence-corrected chi connectivity index (χ0v) is 12.6. The number of aryl methyl sites for hydroxylation is 1. The van der Waals surface area contributed by atoms with Crippen LogP contribution in [-0.2, 0) is 9.84 Å². The molecule has 0 saturated carbocycles. The Morgan fingerprint density at radius 2 is 2.00 bits per heavy atom. The maximum absolute atomic E-state index is 11.6. The molecule has 1 aromatic carbocycles. The summed E-state index contributed by atoms with van der Waals surface area (Å²) < 4.78 is 29.6. The number of halogens is 1. The largest absolute Gasteiger partial charge is 0.492 e. The monoisotopic (exact) mass is 320 g/mol. The minimum Gasteiger partial charge on any atom is -0.492 e. The molecule has 0 N–H and O–H groups in total. The molecule has 96 valence electrons. The second-order valence-electron chi connectivity index (χ2n) is 4.17. The van der Waals surface area contributed by atoms with Gasteiger partial charge in [-0.15, -0.1) is 0 Å². The molecule has 0 amide bonds. The van der Waals surface area contributed by atoms with Crippen LogP contribution in [0.5, 0.6) is 5.75 Å². The maximum atomic E-state index is 11.6. The third-order valence-electron chi connectivity index (χ3n) is 2.48. The van der Waals surface area contributed by atoms with Crippen molar-refractivity contribution < 1.29 is 13.2 Å². The minimum atomic E-state index is -3.02. The van der Waals surface area contributed by atoms with Gasteiger partial charge in [-0.1, -0.05) is 15.9 Å². The van der Waals surface area contributed by atoms with Crippen LogP contribution in [0.15, 0.2) is 22.7 Å². The number of ether oxygens (including phenoxy) is 1. The fraction of sp³-hybridized carbons (Fsp3) is 0.500. The van der Waals surface area contributed by atoms with Crippen LogP contribution in [0.25, 0.3) is 0 Å². The Hall–Kier alpha value is -0.550. The summed E-state index contributed by atoms with van der Waals surface area (Å²) in [6.45, 7) is 5.49. The Morgan fingerprint density at radius 3 is 2.53 bits per heavy atom. The van der Waals surface area contributed by atoms with Gasteiger partial charge in [-0.2, -0.15) is 0 Å². The Morgan fingerprint density at radius 1 is 1.35 bits per heavy atom. The van der Waals surface area contributed by atoms with Crippen molar-refractivity contribution in [2.24, 2.45) is 0 Å². The lowest BCUT2D eigenvalue weighted by atomic mass is 10.2. The molecule has 1 aromatic rings. The lowest BCUT2D eigenvalue weighted by Gasteiger charge is -2.11. The fourth-order valence-electron chi connectivity index (χ4n) is 1.28. The molecule has 0 fully saturated rings. The second-order valence-corrected chi connectivity index (χ2v) is 7.77. The molecule has 0 aromatic heterocycles. The topological polar surface area (TPSA) is 43.4 Å². The van der Waals surface area contributed by atoms with Gasteiger partial charge in [0.2, 0.25) is 0 Å². The van der Waals surface area contributed by atoms with E-state index in [1.807, 2.05) is 25.1 Å². The summed E-state index contributed by atoms with van der Waals surface area (Å²) in [6, 6.07) is 5.65. The predicted molar refractivity (Wildman–Crippen MR) is 73.3 cm³/mol. The Balaban J connectivity index is 2.58. The molecule has 17 heavy (non-hydrogen) atoms. The zero-order valence-electron chi connectivity index (χ0n) is 10.2. The van der Waals surface area contributed by atoms with Crippen LogP contribution >= 0.6 is 15.9 Å². The predicted octanol–water partition coefficient (Wildman–Crippen LogP) is 2.96. The highest BCUT2D eigenvalue weighted by atomic mass is 79.9. The van der Waals surface area contributed by atoms with Crippen molar-refractivity contribution in [3.8, 4) is 5.75 Å². The van der Waals surface area contributed by atoms with E-state index in [1.54, 1.807) is 13.8 Å². The standard InChI is InChI=1S/C12H17BrO3S/c1-9(2)17(14,15)7-6-16-12-5-4-11(13)8-10(12)3/h4-5,8-9H,6-7H2,1-3H3. The number of benzene rings is 1. The second kappa shape index (κ2) is 5.87. The van der Waals surface area contributed by atoms with E-state index < -0.39 is 9.84 Å². The molecule has 0 bridgehead atoms. The van der Waals surface area contributed by atoms with Gasteiger partial charge in [0.15, 0.2) is 9.84 Å². The molecule has 0 saturated heterocycles. The summed E-state index contributed by atoms with van der Waals surface area (Å²) in [6.07, 6.45) is 0. The normalized spacial score (nSPS) is 11.8. The first-order valence-corrected chi connectivity index (χ1v) is 7.94. The summed E-state index contributed by atoms with van der Waals surface area (Å²) in [5.74, 6) is 0.785. The van der Waals surface area contributed by atoms with Gasteiger partial charge >= 0.3 is 0 Å². The van der Waals surface area contributed by atoms with Gasteiger partial charge in [-0.05, 0) is 44.5 Å². The van der Waals surface area contributed by atoms with Crippen LogP contribution in [0.2, 0.25) is 0 Å². The molecule has 0 radical (unpaired) electrons. The Kier molecular flexibility index (Phi) is 5.01. The smallest absolute Gasteiger partial charge is 0.155 e. The average molecular weight is 321 g/mol. The number of sulfone groups is 1. The molecule has 3 nitrogen and oxygen atoms in total. The van der Waals surface area contributed by atoms with Gasteiger partial charge in [0.05, 0.1) is 11.0 Å². The minimum absolute atomic E-state index is 0.0557. The van der Waals surface area contributed by atoms with Crippen molar-refractivity contribution in [1.29, 1.82) is 0 Å². The highest BCUT2D eigenvalue weighted by Gasteiger charge is 2.15. The van der Waals surface area contributed by atoms with Crippen molar-refractivity contribution in [3.05, 3.63) is 28.2 Å². The molecule has 0 unspecified atom stereocenters. The van der Waals surface area contributed by atoms with Crippen LogP contribution < -0.4 is 4.74 Å². The first-order valence-electron chi connectivity index (χ1n) is 5.43. The molecule has 1 rings (SSSR count). The van der Waals surface area contributed by atoms with Gasteiger partial charge in [0.1, 0.15) is 12.4 Å². The van der Waals surface area contributed by atoms with Crippen molar-refractivity contribution in [3.63, 3.8) is 0 Å². The number of rotatable bonds is 5. The van der Waals surface area contributed by atoms with E-state index in [2.05, 4.69) is 15.9 Å². The molecule has 5 heteroatoms. The maximum Gasteiger partial charge on any atom is 0.155 e. The van der Waals surface area contributed by atoms with E-state index in [-0.39, 0.29) is 17.6 Å². The highest BCUT2D eigenvalue weighted by molar-refractivity contribution is 9.10. The summed E-state index contributed by atoms with van der Waals surface area (Å²) in [5, 5.41) is -0.350. The van der Waals surface area contributed by atoms with Crippen molar-refractivity contribution in [2.45, 2.75) is 26.0 Å². The van der Waals surface area contributed by atoms with Gasteiger partial charge in [-0.25, -0.2) is 8.42 Å². The fourth-order valence-corrected chi connectivity index (χ4v) is 2.54. The van der Waals surface area contributed by atoms with Crippen molar-refractivity contribution >= 4 is 25.8 Å². The molecule has 0 aliphatic heterocycles. The van der Waals surface area contributed by atoms with Crippen LogP contribution in [0, 0.1) is 6.92 Å². The van der Waals surface area contributed by atoms with Gasteiger partial charge < -0.3 is 4.74 Å². The van der Waals surface area contributed by atoms with Crippen LogP contribution in [0.3, 0.4) is 0 Å². The molecular weight excluding hydrogens is 304 g/mol. The summed E-state index contributed by atoms with van der Waals surface area (Å²) in [5.41, 5.74) is 0.987. The molecule has 0 aliphatic rings. The van der Waals surface area contributed by atoms with Crippen LogP contribution in [-0.4, -0.2) is 26.0 Å². The molecule has 0 heterocycles. The third kappa shape index (κ3) is 4.32. The summed E-state index contributed by atoms with van der Waals surface area (Å²) >= 11 is 3.36. The quantitative estimate of drug-likeness (QED) is 0.837. The van der Waals surface area contributed by atoms with Crippen LogP contribution in [0.1, 0.15) is 19.4 Å². The van der Waals surface area contributed by atoms with E-state index in [9.17, 15) is 8.42 Å². The van der Waals surface area contributed by atoms with Gasteiger partial charge in [0, 0.05) is 4.47 Å². The molecule has 0 aliphatic carbocycles. The number of hydrogen-bond acceptors (Lipinski definition) is 3. The lowest BCUT2D eigenvalue weighted by Crippen LogP contribution is -2.22. The Labute approximate surface area is 111 Å². The van der Waals surface area contributed by atoms with Gasteiger partial charge in [-0.3, -0.25) is 0 Å². The molecule has 0 spiro atoms. The van der Waals surface area contributed by atoms with Gasteiger partial charge in [0.25, 0.3) is 0 Å². The van der Waals surface area contributed by atoms with E-state index in [4.69, 9.17) is 4.74 Å². The van der Waals surface area contributed by atoms with E-state index >= 15 is 0 Å². The zero-order chi connectivity index (χ0) is 13.1. The van der Waals surface area contributed by atoms with Crippen molar-refractivity contribution in [1.82, 2.24) is 0 Å². The summed E-state index contributed by atoms with van der Waals surface area (Å²) in [7, 11) is -3.02. The van der Waals surface area contributed by atoms with E-state index in [0.717, 1.165) is 15.8 Å². The third-order valence-corrected chi connectivity index (χ3v) is 5.15.